The van der Waals surface area contributed by atoms with Gasteiger partial charge in [-0.05, 0) is 33.6 Å². The smallest absolute Gasteiger partial charge is 0.342 e. The van der Waals surface area contributed by atoms with Crippen molar-refractivity contribution in [2.75, 3.05) is 13.7 Å². The standard InChI is InChI=1S/C15H24N2O5S.ClH/c1-9(16)12-7-5-6-8-17(12)23(19,20)14-11(3)22-10(2)13(14)15(18)21-4;/h9,12H,5-8,16H2,1-4H3;1H. The third-order valence-electron chi connectivity index (χ3n) is 4.27. The van der Waals surface area contributed by atoms with Gasteiger partial charge >= 0.3 is 5.97 Å². The fourth-order valence-electron chi connectivity index (χ4n) is 3.18. The summed E-state index contributed by atoms with van der Waals surface area (Å²) in [6, 6.07) is -0.575. The molecule has 1 aliphatic heterocycles. The maximum atomic E-state index is 13.2. The average molecular weight is 381 g/mol. The van der Waals surface area contributed by atoms with Crippen LogP contribution in [0.5, 0.6) is 0 Å². The molecule has 0 aromatic carbocycles. The second-order valence-corrected chi connectivity index (χ2v) is 7.78. The maximum Gasteiger partial charge on any atom is 0.342 e. The second-order valence-electron chi connectivity index (χ2n) is 5.95. The summed E-state index contributed by atoms with van der Waals surface area (Å²) in [5.41, 5.74) is 5.95. The van der Waals surface area contributed by atoms with Crippen molar-refractivity contribution in [3.8, 4) is 0 Å². The molecule has 0 spiro atoms. The number of sulfonamides is 1. The molecule has 2 N–H and O–H groups in total. The van der Waals surface area contributed by atoms with Crippen LogP contribution in [-0.4, -0.2) is 44.4 Å². The summed E-state index contributed by atoms with van der Waals surface area (Å²) in [7, 11) is -2.68. The first-order valence-electron chi connectivity index (χ1n) is 7.67. The number of carbonyl (C=O) groups is 1. The molecule has 138 valence electrons. The van der Waals surface area contributed by atoms with Gasteiger partial charge < -0.3 is 14.9 Å². The lowest BCUT2D eigenvalue weighted by Crippen LogP contribution is -2.51. The van der Waals surface area contributed by atoms with Gasteiger partial charge in [0.2, 0.25) is 10.0 Å². The topological polar surface area (TPSA) is 103 Å². The molecule has 1 saturated heterocycles. The Bertz CT molecular complexity index is 699. The van der Waals surface area contributed by atoms with E-state index < -0.39 is 16.0 Å². The minimum Gasteiger partial charge on any atom is -0.465 e. The van der Waals surface area contributed by atoms with Gasteiger partial charge in [0.1, 0.15) is 22.0 Å². The number of aryl methyl sites for hydroxylation is 2. The monoisotopic (exact) mass is 380 g/mol. The predicted octanol–water partition coefficient (Wildman–Crippen LogP) is 2.00. The number of nitrogens with two attached hydrogens (primary N) is 1. The third-order valence-corrected chi connectivity index (χ3v) is 6.34. The highest BCUT2D eigenvalue weighted by Gasteiger charge is 2.40. The molecule has 0 amide bonds. The van der Waals surface area contributed by atoms with Crippen LogP contribution in [0.15, 0.2) is 9.31 Å². The number of hydrogen-bond donors (Lipinski definition) is 1. The number of methoxy groups -OCH3 is 1. The number of nitrogens with zero attached hydrogens (tertiary/aromatic N) is 1. The van der Waals surface area contributed by atoms with Crippen molar-refractivity contribution in [3.05, 3.63) is 17.1 Å². The zero-order valence-electron chi connectivity index (χ0n) is 14.4. The lowest BCUT2D eigenvalue weighted by atomic mass is 10.00. The van der Waals surface area contributed by atoms with E-state index in [1.807, 2.05) is 0 Å². The summed E-state index contributed by atoms with van der Waals surface area (Å²) in [4.78, 5) is 11.9. The fraction of sp³-hybridized carbons (Fsp3) is 0.667. The highest BCUT2D eigenvalue weighted by molar-refractivity contribution is 7.89. The number of hydrogen-bond acceptors (Lipinski definition) is 6. The van der Waals surface area contributed by atoms with Crippen LogP contribution in [0.25, 0.3) is 0 Å². The SMILES string of the molecule is COC(=O)c1c(C)oc(C)c1S(=O)(=O)N1CCCCC1C(C)N.Cl. The van der Waals surface area contributed by atoms with Gasteiger partial charge in [0.05, 0.1) is 7.11 Å². The first-order chi connectivity index (χ1) is 10.7. The van der Waals surface area contributed by atoms with Crippen LogP contribution in [0.4, 0.5) is 0 Å². The van der Waals surface area contributed by atoms with E-state index in [1.54, 1.807) is 13.8 Å². The van der Waals surface area contributed by atoms with Crippen LogP contribution in [-0.2, 0) is 14.8 Å². The summed E-state index contributed by atoms with van der Waals surface area (Å²) < 4.78 is 37.9. The van der Waals surface area contributed by atoms with Crippen LogP contribution in [0, 0.1) is 13.8 Å². The number of esters is 1. The van der Waals surface area contributed by atoms with Gasteiger partial charge in [0.15, 0.2) is 0 Å². The molecule has 1 aromatic rings. The molecule has 0 radical (unpaired) electrons. The third kappa shape index (κ3) is 3.61. The molecule has 0 saturated carbocycles. The lowest BCUT2D eigenvalue weighted by molar-refractivity contribution is 0.0594. The summed E-state index contributed by atoms with van der Waals surface area (Å²) in [5, 5.41) is 0. The van der Waals surface area contributed by atoms with Crippen LogP contribution in [0.2, 0.25) is 0 Å². The molecule has 2 rings (SSSR count). The van der Waals surface area contributed by atoms with Crippen molar-refractivity contribution in [1.82, 2.24) is 4.31 Å². The Morgan fingerprint density at radius 1 is 1.33 bits per heavy atom. The van der Waals surface area contributed by atoms with Crippen molar-refractivity contribution in [3.63, 3.8) is 0 Å². The molecule has 7 nitrogen and oxygen atoms in total. The zero-order chi connectivity index (χ0) is 17.4. The molecule has 1 aliphatic rings. The molecule has 1 fully saturated rings. The first kappa shape index (κ1) is 21.0. The summed E-state index contributed by atoms with van der Waals surface area (Å²) in [6.45, 7) is 5.28. The summed E-state index contributed by atoms with van der Waals surface area (Å²) in [5.74, 6) is -0.286. The molecule has 2 atom stereocenters. The molecule has 9 heteroatoms. The minimum atomic E-state index is -3.89. The van der Waals surface area contributed by atoms with E-state index in [0.717, 1.165) is 12.8 Å². The molecule has 1 aromatic heterocycles. The van der Waals surface area contributed by atoms with Crippen LogP contribution in [0.3, 0.4) is 0 Å². The van der Waals surface area contributed by atoms with Crippen molar-refractivity contribution in [2.24, 2.45) is 5.73 Å². The van der Waals surface area contributed by atoms with E-state index in [1.165, 1.54) is 18.3 Å². The molecule has 0 bridgehead atoms. The first-order valence-corrected chi connectivity index (χ1v) is 9.11. The Hall–Kier alpha value is -1.09. The maximum absolute atomic E-state index is 13.2. The van der Waals surface area contributed by atoms with Gasteiger partial charge in [-0.25, -0.2) is 13.2 Å². The van der Waals surface area contributed by atoms with Crippen LogP contribution >= 0.6 is 12.4 Å². The van der Waals surface area contributed by atoms with E-state index >= 15 is 0 Å². The number of carbonyl (C=O) groups excluding carboxylic acids is 1. The van der Waals surface area contributed by atoms with Crippen molar-refractivity contribution in [1.29, 1.82) is 0 Å². The molecule has 2 heterocycles. The van der Waals surface area contributed by atoms with E-state index in [9.17, 15) is 13.2 Å². The fourth-order valence-corrected chi connectivity index (χ4v) is 5.33. The van der Waals surface area contributed by atoms with E-state index in [-0.39, 0.29) is 46.5 Å². The average Bonchev–Trinajstić information content (AvgIpc) is 2.81. The Kier molecular flexibility index (Phi) is 6.86. The van der Waals surface area contributed by atoms with Gasteiger partial charge in [-0.1, -0.05) is 6.42 Å². The van der Waals surface area contributed by atoms with Gasteiger partial charge in [-0.2, -0.15) is 4.31 Å². The number of furan rings is 1. The zero-order valence-corrected chi connectivity index (χ0v) is 16.0. The number of ether oxygens (including phenoxy) is 1. The van der Waals surface area contributed by atoms with Crippen molar-refractivity contribution < 1.29 is 22.4 Å². The van der Waals surface area contributed by atoms with Gasteiger partial charge in [0.25, 0.3) is 0 Å². The van der Waals surface area contributed by atoms with Crippen LogP contribution < -0.4 is 5.73 Å². The molecular weight excluding hydrogens is 356 g/mol. The van der Waals surface area contributed by atoms with E-state index in [2.05, 4.69) is 0 Å². The van der Waals surface area contributed by atoms with E-state index in [0.29, 0.717) is 13.0 Å². The van der Waals surface area contributed by atoms with Gasteiger partial charge in [0, 0.05) is 18.6 Å². The number of halogens is 1. The Morgan fingerprint density at radius 2 is 1.96 bits per heavy atom. The lowest BCUT2D eigenvalue weighted by Gasteiger charge is -2.36. The van der Waals surface area contributed by atoms with Gasteiger partial charge in [-0.3, -0.25) is 0 Å². The van der Waals surface area contributed by atoms with Crippen molar-refractivity contribution in [2.45, 2.75) is 57.0 Å². The predicted molar refractivity (Wildman–Crippen MR) is 91.9 cm³/mol. The quantitative estimate of drug-likeness (QED) is 0.801. The molecule has 2 unspecified atom stereocenters. The second kappa shape index (κ2) is 7.86. The minimum absolute atomic E-state index is 0. The van der Waals surface area contributed by atoms with Gasteiger partial charge in [-0.15, -0.1) is 12.4 Å². The largest absolute Gasteiger partial charge is 0.465 e. The Labute approximate surface area is 149 Å². The Balaban J connectivity index is 0.00000288. The number of rotatable bonds is 4. The highest BCUT2D eigenvalue weighted by Crippen LogP contribution is 2.33. The van der Waals surface area contributed by atoms with Crippen LogP contribution in [0.1, 0.15) is 48.1 Å². The molecular formula is C15H25ClN2O5S. The summed E-state index contributed by atoms with van der Waals surface area (Å²) in [6.07, 6.45) is 2.41. The molecule has 0 aliphatic carbocycles. The Morgan fingerprint density at radius 3 is 2.50 bits per heavy atom. The molecule has 24 heavy (non-hydrogen) atoms. The number of piperidine rings is 1. The van der Waals surface area contributed by atoms with Crippen molar-refractivity contribution >= 4 is 28.4 Å². The highest BCUT2D eigenvalue weighted by atomic mass is 35.5. The van der Waals surface area contributed by atoms with E-state index in [4.69, 9.17) is 14.9 Å². The summed E-state index contributed by atoms with van der Waals surface area (Å²) >= 11 is 0. The normalized spacial score (nSPS) is 20.3.